The first kappa shape index (κ1) is 22.1. The molecule has 2 heterocycles. The highest BCUT2D eigenvalue weighted by molar-refractivity contribution is 6.36. The van der Waals surface area contributed by atoms with Gasteiger partial charge in [0.15, 0.2) is 0 Å². The van der Waals surface area contributed by atoms with E-state index in [-0.39, 0.29) is 11.8 Å². The van der Waals surface area contributed by atoms with E-state index in [1.807, 2.05) is 0 Å². The molecule has 1 aromatic heterocycles. The van der Waals surface area contributed by atoms with Crippen molar-refractivity contribution in [3.05, 3.63) is 34.1 Å². The van der Waals surface area contributed by atoms with E-state index in [0.717, 1.165) is 32.4 Å². The van der Waals surface area contributed by atoms with Crippen LogP contribution in [0.2, 0.25) is 10.0 Å². The number of carbonyl (C=O) groups is 1. The summed E-state index contributed by atoms with van der Waals surface area (Å²) in [5.74, 6) is 1.07. The van der Waals surface area contributed by atoms with Crippen molar-refractivity contribution in [2.45, 2.75) is 52.0 Å². The minimum Gasteiger partial charge on any atom is -0.419 e. The van der Waals surface area contributed by atoms with Crippen molar-refractivity contribution < 1.29 is 9.21 Å². The molecule has 0 aliphatic carbocycles. The van der Waals surface area contributed by atoms with Crippen molar-refractivity contribution in [2.24, 2.45) is 5.92 Å². The number of nitrogens with zero attached hydrogens (tertiary/aromatic N) is 3. The fourth-order valence-electron chi connectivity index (χ4n) is 3.60. The minimum atomic E-state index is 0.0167. The third-order valence-electron chi connectivity index (χ3n) is 5.19. The van der Waals surface area contributed by atoms with Gasteiger partial charge < -0.3 is 9.73 Å². The summed E-state index contributed by atoms with van der Waals surface area (Å²) in [5, 5.41) is 12.4. The molecule has 0 spiro atoms. The van der Waals surface area contributed by atoms with Crippen molar-refractivity contribution >= 4 is 29.1 Å². The van der Waals surface area contributed by atoms with Crippen LogP contribution in [-0.2, 0) is 11.3 Å². The van der Waals surface area contributed by atoms with Crippen LogP contribution in [0.5, 0.6) is 0 Å². The topological polar surface area (TPSA) is 71.3 Å². The lowest BCUT2D eigenvalue weighted by Crippen LogP contribution is -2.42. The van der Waals surface area contributed by atoms with Crippen LogP contribution in [0.3, 0.4) is 0 Å². The molecule has 1 saturated heterocycles. The second-order valence-electron chi connectivity index (χ2n) is 7.55. The van der Waals surface area contributed by atoms with Crippen molar-refractivity contribution in [1.29, 1.82) is 0 Å². The second-order valence-corrected chi connectivity index (χ2v) is 8.39. The molecule has 0 radical (unpaired) electrons. The Balaban J connectivity index is 1.51. The van der Waals surface area contributed by atoms with Gasteiger partial charge in [0.1, 0.15) is 0 Å². The summed E-state index contributed by atoms with van der Waals surface area (Å²) in [6, 6.07) is 5.16. The molecule has 1 amide bonds. The fourth-order valence-corrected chi connectivity index (χ4v) is 4.09. The van der Waals surface area contributed by atoms with E-state index in [2.05, 4.69) is 27.3 Å². The number of likely N-dealkylation sites (tertiary alicyclic amines) is 1. The monoisotopic (exact) mass is 438 g/mol. The predicted molar refractivity (Wildman–Crippen MR) is 115 cm³/mol. The molecule has 158 valence electrons. The van der Waals surface area contributed by atoms with E-state index in [0.29, 0.717) is 40.5 Å². The molecule has 1 fully saturated rings. The fraction of sp³-hybridized carbons (Fsp3) is 0.571. The SMILES string of the molecule is CCCCCCNC(=O)C1CCCN(Cc2nnc(-c3ccc(Cl)cc3Cl)o2)C1. The zero-order chi connectivity index (χ0) is 20.6. The quantitative estimate of drug-likeness (QED) is 0.560. The molecule has 29 heavy (non-hydrogen) atoms. The largest absolute Gasteiger partial charge is 0.419 e. The first-order valence-corrected chi connectivity index (χ1v) is 11.1. The van der Waals surface area contributed by atoms with Crippen LogP contribution in [0, 0.1) is 5.92 Å². The lowest BCUT2D eigenvalue weighted by atomic mass is 9.97. The standard InChI is InChI=1S/C21H28Cl2N4O2/c1-2-3-4-5-10-24-20(28)15-7-6-11-27(13-15)14-19-25-26-21(29-19)17-9-8-16(22)12-18(17)23/h8-9,12,15H,2-7,10-11,13-14H2,1H3,(H,24,28). The maximum atomic E-state index is 12.5. The summed E-state index contributed by atoms with van der Waals surface area (Å²) < 4.78 is 5.80. The third kappa shape index (κ3) is 6.43. The molecule has 0 bridgehead atoms. The number of unbranched alkanes of at least 4 members (excludes halogenated alkanes) is 3. The van der Waals surface area contributed by atoms with Crippen LogP contribution < -0.4 is 5.32 Å². The number of hydrogen-bond acceptors (Lipinski definition) is 5. The molecule has 1 unspecified atom stereocenters. The number of aromatic nitrogens is 2. The number of carbonyl (C=O) groups excluding carboxylic acids is 1. The summed E-state index contributed by atoms with van der Waals surface area (Å²) in [5.41, 5.74) is 0.661. The Hall–Kier alpha value is -1.63. The lowest BCUT2D eigenvalue weighted by molar-refractivity contribution is -0.126. The molecule has 1 N–H and O–H groups in total. The van der Waals surface area contributed by atoms with Gasteiger partial charge in [0, 0.05) is 18.1 Å². The molecule has 1 aliphatic heterocycles. The molecular formula is C21H28Cl2N4O2. The Kier molecular flexibility index (Phi) is 8.33. The Bertz CT molecular complexity index is 812. The summed E-state index contributed by atoms with van der Waals surface area (Å²) in [4.78, 5) is 14.7. The van der Waals surface area contributed by atoms with Gasteiger partial charge in [-0.3, -0.25) is 9.69 Å². The molecule has 1 atom stereocenters. The molecule has 6 nitrogen and oxygen atoms in total. The molecule has 8 heteroatoms. The van der Waals surface area contributed by atoms with E-state index >= 15 is 0 Å². The van der Waals surface area contributed by atoms with Gasteiger partial charge in [0.05, 0.1) is 23.0 Å². The van der Waals surface area contributed by atoms with E-state index in [1.54, 1.807) is 18.2 Å². The van der Waals surface area contributed by atoms with Crippen LogP contribution >= 0.6 is 23.2 Å². The number of piperidine rings is 1. The van der Waals surface area contributed by atoms with Gasteiger partial charge in [0.2, 0.25) is 17.7 Å². The van der Waals surface area contributed by atoms with Gasteiger partial charge in [-0.2, -0.15) is 0 Å². The summed E-state index contributed by atoms with van der Waals surface area (Å²) in [7, 11) is 0. The van der Waals surface area contributed by atoms with Crippen molar-refractivity contribution in [3.8, 4) is 11.5 Å². The molecule has 0 saturated carbocycles. The van der Waals surface area contributed by atoms with Gasteiger partial charge in [0.25, 0.3) is 0 Å². The third-order valence-corrected chi connectivity index (χ3v) is 5.74. The highest BCUT2D eigenvalue weighted by atomic mass is 35.5. The molecule has 1 aromatic carbocycles. The number of rotatable bonds is 9. The number of halogens is 2. The molecular weight excluding hydrogens is 411 g/mol. The van der Waals surface area contributed by atoms with Gasteiger partial charge >= 0.3 is 0 Å². The zero-order valence-electron chi connectivity index (χ0n) is 16.8. The minimum absolute atomic E-state index is 0.0167. The van der Waals surface area contributed by atoms with E-state index in [4.69, 9.17) is 27.6 Å². The first-order chi connectivity index (χ1) is 14.1. The Morgan fingerprint density at radius 1 is 1.28 bits per heavy atom. The summed E-state index contributed by atoms with van der Waals surface area (Å²) in [6.07, 6.45) is 6.55. The van der Waals surface area contributed by atoms with E-state index in [1.165, 1.54) is 19.3 Å². The van der Waals surface area contributed by atoms with E-state index < -0.39 is 0 Å². The lowest BCUT2D eigenvalue weighted by Gasteiger charge is -2.30. The number of hydrogen-bond donors (Lipinski definition) is 1. The van der Waals surface area contributed by atoms with E-state index in [9.17, 15) is 4.79 Å². The first-order valence-electron chi connectivity index (χ1n) is 10.3. The average molecular weight is 439 g/mol. The maximum absolute atomic E-state index is 12.5. The number of benzene rings is 1. The van der Waals surface area contributed by atoms with Crippen molar-refractivity contribution in [3.63, 3.8) is 0 Å². The van der Waals surface area contributed by atoms with Gasteiger partial charge in [-0.15, -0.1) is 10.2 Å². The van der Waals surface area contributed by atoms with Crippen LogP contribution in [0.1, 0.15) is 51.3 Å². The van der Waals surface area contributed by atoms with Crippen molar-refractivity contribution in [2.75, 3.05) is 19.6 Å². The summed E-state index contributed by atoms with van der Waals surface area (Å²) in [6.45, 7) is 5.11. The van der Waals surface area contributed by atoms with Crippen LogP contribution in [0.15, 0.2) is 22.6 Å². The van der Waals surface area contributed by atoms with Gasteiger partial charge in [-0.25, -0.2) is 0 Å². The maximum Gasteiger partial charge on any atom is 0.249 e. The average Bonchev–Trinajstić information content (AvgIpc) is 3.16. The second kappa shape index (κ2) is 11.0. The van der Waals surface area contributed by atoms with Crippen LogP contribution in [0.4, 0.5) is 0 Å². The number of amides is 1. The molecule has 1 aliphatic rings. The number of nitrogens with one attached hydrogen (secondary N) is 1. The Morgan fingerprint density at radius 3 is 2.93 bits per heavy atom. The highest BCUT2D eigenvalue weighted by Gasteiger charge is 2.26. The Morgan fingerprint density at radius 2 is 2.14 bits per heavy atom. The van der Waals surface area contributed by atoms with Crippen LogP contribution in [0.25, 0.3) is 11.5 Å². The molecule has 2 aromatic rings. The highest BCUT2D eigenvalue weighted by Crippen LogP contribution is 2.29. The predicted octanol–water partition coefficient (Wildman–Crippen LogP) is 4.95. The normalized spacial score (nSPS) is 17.4. The zero-order valence-corrected chi connectivity index (χ0v) is 18.3. The Labute approximate surface area is 182 Å². The van der Waals surface area contributed by atoms with Gasteiger partial charge in [-0.1, -0.05) is 49.4 Å². The smallest absolute Gasteiger partial charge is 0.249 e. The van der Waals surface area contributed by atoms with Crippen molar-refractivity contribution in [1.82, 2.24) is 20.4 Å². The summed E-state index contributed by atoms with van der Waals surface area (Å²) >= 11 is 12.2. The van der Waals surface area contributed by atoms with Crippen LogP contribution in [-0.4, -0.2) is 40.6 Å². The van der Waals surface area contributed by atoms with Gasteiger partial charge in [-0.05, 0) is 44.0 Å². The molecule has 3 rings (SSSR count).